The maximum absolute atomic E-state index is 14.9. The highest BCUT2D eigenvalue weighted by Crippen LogP contribution is 2.30. The molecule has 188 valence electrons. The van der Waals surface area contributed by atoms with Gasteiger partial charge in [0.2, 0.25) is 0 Å². The fourth-order valence-corrected chi connectivity index (χ4v) is 4.63. The van der Waals surface area contributed by atoms with Gasteiger partial charge in [-0.25, -0.2) is 18.7 Å². The molecule has 37 heavy (non-hydrogen) atoms. The lowest BCUT2D eigenvalue weighted by Crippen LogP contribution is -2.15. The molecule has 1 amide bonds. The number of para-hydroxylation sites is 1. The molecule has 2 aromatic carbocycles. The van der Waals surface area contributed by atoms with Crippen LogP contribution in [0, 0.1) is 11.6 Å². The number of rotatable bonds is 7. The second-order valence-electron chi connectivity index (χ2n) is 8.61. The van der Waals surface area contributed by atoms with Gasteiger partial charge in [-0.3, -0.25) is 9.20 Å². The lowest BCUT2D eigenvalue weighted by Gasteiger charge is -2.13. The Bertz CT molecular complexity index is 1590. The number of nitrogen functional groups attached to an aromatic ring is 1. The third-order valence-electron chi connectivity index (χ3n) is 5.61. The van der Waals surface area contributed by atoms with E-state index >= 15 is 0 Å². The zero-order chi connectivity index (χ0) is 26.1. The SMILES string of the molecule is CN(C)Cc1cccc2ncc(-c3csc(Nc4ccc(C(=O)Nc5c(N)cccc5F)cc4F)n3)n12. The summed E-state index contributed by atoms with van der Waals surface area (Å²) in [6, 6.07) is 14.0. The molecule has 0 bridgehead atoms. The Morgan fingerprint density at radius 3 is 2.68 bits per heavy atom. The molecule has 8 nitrogen and oxygen atoms in total. The number of benzene rings is 2. The monoisotopic (exact) mass is 519 g/mol. The number of fused-ring (bicyclic) bond motifs is 1. The minimum atomic E-state index is -0.681. The maximum atomic E-state index is 14.9. The van der Waals surface area contributed by atoms with E-state index in [4.69, 9.17) is 5.73 Å². The number of pyridine rings is 1. The van der Waals surface area contributed by atoms with Crippen LogP contribution in [-0.2, 0) is 6.54 Å². The molecule has 11 heteroatoms. The Morgan fingerprint density at radius 2 is 1.92 bits per heavy atom. The number of halogens is 2. The van der Waals surface area contributed by atoms with Crippen LogP contribution < -0.4 is 16.4 Å². The highest BCUT2D eigenvalue weighted by Gasteiger charge is 2.16. The Morgan fingerprint density at radius 1 is 1.11 bits per heavy atom. The number of carbonyl (C=O) groups is 1. The van der Waals surface area contributed by atoms with Crippen molar-refractivity contribution in [1.82, 2.24) is 19.3 Å². The van der Waals surface area contributed by atoms with Crippen molar-refractivity contribution < 1.29 is 13.6 Å². The van der Waals surface area contributed by atoms with E-state index in [0.29, 0.717) is 10.8 Å². The number of carbonyl (C=O) groups excluding carboxylic acids is 1. The van der Waals surface area contributed by atoms with Crippen LogP contribution >= 0.6 is 11.3 Å². The van der Waals surface area contributed by atoms with Crippen LogP contribution in [0.3, 0.4) is 0 Å². The molecule has 0 aliphatic rings. The number of hydrogen-bond acceptors (Lipinski definition) is 7. The summed E-state index contributed by atoms with van der Waals surface area (Å²) < 4.78 is 30.9. The van der Waals surface area contributed by atoms with Gasteiger partial charge in [-0.2, -0.15) is 0 Å². The van der Waals surface area contributed by atoms with Crippen molar-refractivity contribution in [2.75, 3.05) is 30.5 Å². The third-order valence-corrected chi connectivity index (χ3v) is 6.37. The highest BCUT2D eigenvalue weighted by molar-refractivity contribution is 7.14. The van der Waals surface area contributed by atoms with Gasteiger partial charge in [0.15, 0.2) is 5.13 Å². The Labute approximate surface area is 215 Å². The van der Waals surface area contributed by atoms with Crippen LogP contribution in [0.25, 0.3) is 17.0 Å². The molecule has 0 saturated carbocycles. The summed E-state index contributed by atoms with van der Waals surface area (Å²) >= 11 is 1.32. The zero-order valence-electron chi connectivity index (χ0n) is 20.0. The second-order valence-corrected chi connectivity index (χ2v) is 9.47. The fourth-order valence-electron chi connectivity index (χ4n) is 3.91. The summed E-state index contributed by atoms with van der Waals surface area (Å²) in [4.78, 5) is 23.7. The quantitative estimate of drug-likeness (QED) is 0.250. The van der Waals surface area contributed by atoms with Gasteiger partial charge < -0.3 is 21.3 Å². The molecule has 0 fully saturated rings. The van der Waals surface area contributed by atoms with E-state index in [9.17, 15) is 13.6 Å². The first-order valence-corrected chi connectivity index (χ1v) is 12.2. The zero-order valence-corrected chi connectivity index (χ0v) is 20.8. The van der Waals surface area contributed by atoms with E-state index in [-0.39, 0.29) is 22.6 Å². The van der Waals surface area contributed by atoms with Gasteiger partial charge in [-0.15, -0.1) is 11.3 Å². The van der Waals surface area contributed by atoms with Gasteiger partial charge in [-0.05, 0) is 56.6 Å². The number of hydrogen-bond donors (Lipinski definition) is 3. The Kier molecular flexibility index (Phi) is 6.55. The van der Waals surface area contributed by atoms with Gasteiger partial charge in [0.1, 0.15) is 28.7 Å². The topological polar surface area (TPSA) is 101 Å². The lowest BCUT2D eigenvalue weighted by atomic mass is 10.1. The second kappa shape index (κ2) is 9.96. The largest absolute Gasteiger partial charge is 0.397 e. The van der Waals surface area contributed by atoms with Crippen LogP contribution in [0.5, 0.6) is 0 Å². The average Bonchev–Trinajstić information content (AvgIpc) is 3.50. The maximum Gasteiger partial charge on any atom is 0.255 e. The first-order valence-electron chi connectivity index (χ1n) is 11.3. The molecule has 3 heterocycles. The summed E-state index contributed by atoms with van der Waals surface area (Å²) in [5, 5.41) is 7.71. The Balaban J connectivity index is 1.35. The number of aromatic nitrogens is 3. The molecule has 0 atom stereocenters. The summed E-state index contributed by atoms with van der Waals surface area (Å²) in [5.74, 6) is -2.01. The first kappa shape index (κ1) is 24.3. The predicted molar refractivity (Wildman–Crippen MR) is 142 cm³/mol. The molecule has 5 rings (SSSR count). The number of amides is 1. The number of nitrogens with one attached hydrogen (secondary N) is 2. The van der Waals surface area contributed by atoms with E-state index in [1.54, 1.807) is 6.20 Å². The van der Waals surface area contributed by atoms with E-state index < -0.39 is 17.5 Å². The predicted octanol–water partition coefficient (Wildman–Crippen LogP) is 5.38. The van der Waals surface area contributed by atoms with E-state index in [1.807, 2.05) is 37.7 Å². The number of nitrogens with zero attached hydrogens (tertiary/aromatic N) is 4. The summed E-state index contributed by atoms with van der Waals surface area (Å²) in [6.45, 7) is 0.727. The molecular weight excluding hydrogens is 496 g/mol. The van der Waals surface area contributed by atoms with Gasteiger partial charge in [0.05, 0.1) is 23.3 Å². The minimum Gasteiger partial charge on any atom is -0.397 e. The molecular formula is C26H23F2N7OS. The molecule has 0 aliphatic carbocycles. The smallest absolute Gasteiger partial charge is 0.255 e. The fraction of sp³-hybridized carbons (Fsp3) is 0.115. The molecule has 0 radical (unpaired) electrons. The average molecular weight is 520 g/mol. The standard InChI is InChI=1S/C26H23F2N7OS/c1-34(2)13-16-5-3-8-23-30-12-22(35(16)23)21-14-37-26(32-21)31-20-10-9-15(11-18(20)28)25(36)33-24-17(27)6-4-7-19(24)29/h3-12,14H,13,29H2,1-2H3,(H,31,32)(H,33,36). The minimum absolute atomic E-state index is 0.0182. The summed E-state index contributed by atoms with van der Waals surface area (Å²) in [7, 11) is 4.00. The molecule has 0 aliphatic heterocycles. The van der Waals surface area contributed by atoms with Crippen molar-refractivity contribution in [1.29, 1.82) is 0 Å². The Hall–Kier alpha value is -4.35. The van der Waals surface area contributed by atoms with Gasteiger partial charge >= 0.3 is 0 Å². The first-order chi connectivity index (χ1) is 17.8. The summed E-state index contributed by atoms with van der Waals surface area (Å²) in [5.41, 5.74) is 9.23. The molecule has 5 aromatic rings. The molecule has 3 aromatic heterocycles. The molecule has 0 spiro atoms. The molecule has 0 unspecified atom stereocenters. The van der Waals surface area contributed by atoms with E-state index in [2.05, 4.69) is 29.9 Å². The number of anilines is 4. The lowest BCUT2D eigenvalue weighted by molar-refractivity contribution is 0.102. The van der Waals surface area contributed by atoms with E-state index in [1.165, 1.54) is 41.7 Å². The van der Waals surface area contributed by atoms with Crippen LogP contribution in [0.15, 0.2) is 66.2 Å². The van der Waals surface area contributed by atoms with Crippen LogP contribution in [0.1, 0.15) is 16.1 Å². The normalized spacial score (nSPS) is 11.3. The summed E-state index contributed by atoms with van der Waals surface area (Å²) in [6.07, 6.45) is 1.77. The van der Waals surface area contributed by atoms with Crippen molar-refractivity contribution in [2.45, 2.75) is 6.54 Å². The number of nitrogens with two attached hydrogens (primary N) is 1. The van der Waals surface area contributed by atoms with Crippen LogP contribution in [0.4, 0.5) is 31.0 Å². The van der Waals surface area contributed by atoms with E-state index in [0.717, 1.165) is 29.6 Å². The van der Waals surface area contributed by atoms with Crippen molar-refractivity contribution >= 4 is 45.1 Å². The van der Waals surface area contributed by atoms with Crippen molar-refractivity contribution in [3.63, 3.8) is 0 Å². The molecule has 0 saturated heterocycles. The third kappa shape index (κ3) is 4.99. The van der Waals surface area contributed by atoms with Crippen molar-refractivity contribution in [3.05, 3.63) is 89.1 Å². The van der Waals surface area contributed by atoms with Crippen LogP contribution in [0.2, 0.25) is 0 Å². The van der Waals surface area contributed by atoms with Crippen molar-refractivity contribution in [3.8, 4) is 11.4 Å². The van der Waals surface area contributed by atoms with Crippen molar-refractivity contribution in [2.24, 2.45) is 0 Å². The number of thiazole rings is 1. The van der Waals surface area contributed by atoms with Gasteiger partial charge in [0, 0.05) is 23.2 Å². The van der Waals surface area contributed by atoms with Gasteiger partial charge in [0.25, 0.3) is 5.91 Å². The highest BCUT2D eigenvalue weighted by atomic mass is 32.1. The number of imidazole rings is 1. The van der Waals surface area contributed by atoms with Gasteiger partial charge in [-0.1, -0.05) is 12.1 Å². The molecule has 4 N–H and O–H groups in total. The van der Waals surface area contributed by atoms with Crippen LogP contribution in [-0.4, -0.2) is 39.3 Å².